The van der Waals surface area contributed by atoms with Gasteiger partial charge in [-0.2, -0.15) is 5.48 Å². The lowest BCUT2D eigenvalue weighted by Crippen LogP contribution is -2.14. The summed E-state index contributed by atoms with van der Waals surface area (Å²) < 4.78 is 0. The van der Waals surface area contributed by atoms with E-state index in [1.807, 2.05) is 13.8 Å². The first-order chi connectivity index (χ1) is 5.75. The molecule has 0 spiro atoms. The van der Waals surface area contributed by atoms with Crippen LogP contribution in [-0.4, -0.2) is 17.1 Å². The molecule has 1 N–H and O–H groups in total. The molecule has 66 valence electrons. The fraction of sp³-hybridized carbons (Fsp3) is 0.500. The topological polar surface area (TPSA) is 47.0 Å². The lowest BCUT2D eigenvalue weighted by Gasteiger charge is -2.06. The fourth-order valence-corrected chi connectivity index (χ4v) is 1.02. The normalized spacial score (nSPS) is 10.2. The van der Waals surface area contributed by atoms with E-state index in [0.717, 1.165) is 17.0 Å². The Balaban J connectivity index is 2.81. The van der Waals surface area contributed by atoms with Gasteiger partial charge < -0.3 is 4.84 Å². The number of nitrogens with zero attached hydrogens (tertiary/aromatic N) is 2. The summed E-state index contributed by atoms with van der Waals surface area (Å²) in [5.41, 5.74) is 5.85. The number of hydrogen-bond donors (Lipinski definition) is 1. The van der Waals surface area contributed by atoms with E-state index < -0.39 is 0 Å². The van der Waals surface area contributed by atoms with E-state index in [4.69, 9.17) is 4.84 Å². The maximum absolute atomic E-state index is 4.75. The number of hydrogen-bond acceptors (Lipinski definition) is 4. The molecule has 1 rings (SSSR count). The monoisotopic (exact) mass is 167 g/mol. The number of aromatic nitrogens is 2. The zero-order valence-electron chi connectivity index (χ0n) is 7.59. The third-order valence-corrected chi connectivity index (χ3v) is 1.77. The Hall–Kier alpha value is -1.00. The van der Waals surface area contributed by atoms with Crippen LogP contribution in [-0.2, 0) is 11.4 Å². The van der Waals surface area contributed by atoms with Crippen LogP contribution in [0.5, 0.6) is 0 Å². The van der Waals surface area contributed by atoms with Gasteiger partial charge in [0, 0.05) is 23.5 Å². The number of rotatable bonds is 3. The largest absolute Gasteiger partial charge is 0.305 e. The lowest BCUT2D eigenvalue weighted by molar-refractivity contribution is 0.0862. The van der Waals surface area contributed by atoms with Gasteiger partial charge in [0.25, 0.3) is 0 Å². The second-order valence-corrected chi connectivity index (χ2v) is 2.55. The Labute approximate surface area is 71.9 Å². The Morgan fingerprint density at radius 3 is 2.42 bits per heavy atom. The van der Waals surface area contributed by atoms with Crippen molar-refractivity contribution >= 4 is 0 Å². The summed E-state index contributed by atoms with van der Waals surface area (Å²) in [4.78, 5) is 12.9. The summed E-state index contributed by atoms with van der Waals surface area (Å²) >= 11 is 0. The summed E-state index contributed by atoms with van der Waals surface area (Å²) in [5.74, 6) is 0. The van der Waals surface area contributed by atoms with Crippen molar-refractivity contribution in [2.24, 2.45) is 0 Å². The molecule has 0 saturated carbocycles. The molecule has 1 heterocycles. The Bertz CT molecular complexity index is 242. The maximum Gasteiger partial charge on any atom is 0.115 e. The second kappa shape index (κ2) is 4.13. The minimum Gasteiger partial charge on any atom is -0.305 e. The van der Waals surface area contributed by atoms with Crippen LogP contribution in [0.15, 0.2) is 6.33 Å². The van der Waals surface area contributed by atoms with E-state index in [0.29, 0.717) is 6.54 Å². The molecule has 1 aromatic heterocycles. The highest BCUT2D eigenvalue weighted by Crippen LogP contribution is 2.06. The highest BCUT2D eigenvalue weighted by atomic mass is 16.6. The van der Waals surface area contributed by atoms with Crippen LogP contribution in [0, 0.1) is 13.8 Å². The van der Waals surface area contributed by atoms with Gasteiger partial charge in [-0.05, 0) is 13.8 Å². The SMILES string of the molecule is CONCc1c(C)ncnc1C. The maximum atomic E-state index is 4.75. The van der Waals surface area contributed by atoms with Gasteiger partial charge in [-0.1, -0.05) is 0 Å². The molecule has 0 aromatic carbocycles. The fourth-order valence-electron chi connectivity index (χ4n) is 1.02. The molecule has 0 unspecified atom stereocenters. The third-order valence-electron chi connectivity index (χ3n) is 1.77. The minimum absolute atomic E-state index is 0.648. The van der Waals surface area contributed by atoms with Gasteiger partial charge in [-0.3, -0.25) is 0 Å². The van der Waals surface area contributed by atoms with Crippen molar-refractivity contribution in [3.63, 3.8) is 0 Å². The van der Waals surface area contributed by atoms with E-state index >= 15 is 0 Å². The molecule has 0 atom stereocenters. The van der Waals surface area contributed by atoms with Crippen LogP contribution in [0.1, 0.15) is 17.0 Å². The molecule has 12 heavy (non-hydrogen) atoms. The van der Waals surface area contributed by atoms with E-state index in [1.165, 1.54) is 0 Å². The first-order valence-electron chi connectivity index (χ1n) is 3.78. The Kier molecular flexibility index (Phi) is 3.13. The summed E-state index contributed by atoms with van der Waals surface area (Å²) in [6, 6.07) is 0. The highest BCUT2D eigenvalue weighted by Gasteiger charge is 2.02. The number of aryl methyl sites for hydroxylation is 2. The molecule has 0 fully saturated rings. The van der Waals surface area contributed by atoms with Gasteiger partial charge in [-0.25, -0.2) is 9.97 Å². The quantitative estimate of drug-likeness (QED) is 0.675. The van der Waals surface area contributed by atoms with Gasteiger partial charge in [0.2, 0.25) is 0 Å². The van der Waals surface area contributed by atoms with Gasteiger partial charge >= 0.3 is 0 Å². The third kappa shape index (κ3) is 1.99. The van der Waals surface area contributed by atoms with Crippen LogP contribution < -0.4 is 5.48 Å². The van der Waals surface area contributed by atoms with E-state index in [-0.39, 0.29) is 0 Å². The Morgan fingerprint density at radius 1 is 1.33 bits per heavy atom. The molecule has 1 aromatic rings. The minimum atomic E-state index is 0.648. The van der Waals surface area contributed by atoms with E-state index in [2.05, 4.69) is 15.4 Å². The summed E-state index contributed by atoms with van der Waals surface area (Å²) in [6.07, 6.45) is 1.57. The first-order valence-corrected chi connectivity index (χ1v) is 3.78. The molecule has 0 bridgehead atoms. The molecule has 4 heteroatoms. The van der Waals surface area contributed by atoms with E-state index in [1.54, 1.807) is 13.4 Å². The van der Waals surface area contributed by atoms with Crippen molar-refractivity contribution < 1.29 is 4.84 Å². The molecule has 0 aliphatic heterocycles. The van der Waals surface area contributed by atoms with Gasteiger partial charge in [0.1, 0.15) is 6.33 Å². The molecular formula is C8H13N3O. The van der Waals surface area contributed by atoms with Crippen molar-refractivity contribution in [3.8, 4) is 0 Å². The number of hydroxylamine groups is 1. The standard InChI is InChI=1S/C8H13N3O/c1-6-8(4-11-12-3)7(2)10-5-9-6/h5,11H,4H2,1-3H3. The van der Waals surface area contributed by atoms with Crippen molar-refractivity contribution in [3.05, 3.63) is 23.3 Å². The van der Waals surface area contributed by atoms with Crippen LogP contribution in [0.2, 0.25) is 0 Å². The molecule has 0 aliphatic rings. The smallest absolute Gasteiger partial charge is 0.115 e. The van der Waals surface area contributed by atoms with Crippen molar-refractivity contribution in [2.45, 2.75) is 20.4 Å². The zero-order chi connectivity index (χ0) is 8.97. The highest BCUT2D eigenvalue weighted by molar-refractivity contribution is 5.21. The Morgan fingerprint density at radius 2 is 1.92 bits per heavy atom. The van der Waals surface area contributed by atoms with Crippen molar-refractivity contribution in [1.82, 2.24) is 15.4 Å². The zero-order valence-corrected chi connectivity index (χ0v) is 7.59. The van der Waals surface area contributed by atoms with Crippen LogP contribution in [0.25, 0.3) is 0 Å². The number of nitrogens with one attached hydrogen (secondary N) is 1. The lowest BCUT2D eigenvalue weighted by atomic mass is 10.2. The predicted octanol–water partition coefficient (Wildman–Crippen LogP) is 0.744. The van der Waals surface area contributed by atoms with Crippen molar-refractivity contribution in [1.29, 1.82) is 0 Å². The molecular weight excluding hydrogens is 154 g/mol. The molecule has 4 nitrogen and oxygen atoms in total. The predicted molar refractivity (Wildman–Crippen MR) is 45.4 cm³/mol. The average Bonchev–Trinajstić information content (AvgIpc) is 2.04. The van der Waals surface area contributed by atoms with Crippen LogP contribution in [0.3, 0.4) is 0 Å². The van der Waals surface area contributed by atoms with Gasteiger partial charge in [0.05, 0.1) is 7.11 Å². The molecule has 0 saturated heterocycles. The first kappa shape index (κ1) is 9.09. The van der Waals surface area contributed by atoms with E-state index in [9.17, 15) is 0 Å². The van der Waals surface area contributed by atoms with Gasteiger partial charge in [-0.15, -0.1) is 0 Å². The summed E-state index contributed by atoms with van der Waals surface area (Å²) in [5, 5.41) is 0. The van der Waals surface area contributed by atoms with Gasteiger partial charge in [0.15, 0.2) is 0 Å². The average molecular weight is 167 g/mol. The summed E-state index contributed by atoms with van der Waals surface area (Å²) in [6.45, 7) is 4.57. The molecule has 0 radical (unpaired) electrons. The van der Waals surface area contributed by atoms with Crippen LogP contribution in [0.4, 0.5) is 0 Å². The molecule has 0 aliphatic carbocycles. The van der Waals surface area contributed by atoms with Crippen molar-refractivity contribution in [2.75, 3.05) is 7.11 Å². The summed E-state index contributed by atoms with van der Waals surface area (Å²) in [7, 11) is 1.59. The van der Waals surface area contributed by atoms with Crippen LogP contribution >= 0.6 is 0 Å². The molecule has 0 amide bonds. The second-order valence-electron chi connectivity index (χ2n) is 2.55.